The maximum atomic E-state index is 13.5. The molecule has 3 aliphatic rings. The molecule has 1 saturated carbocycles. The van der Waals surface area contributed by atoms with Gasteiger partial charge in [-0.2, -0.15) is 9.97 Å². The van der Waals surface area contributed by atoms with Crippen LogP contribution in [0.15, 0.2) is 60.7 Å². The fourth-order valence-corrected chi connectivity index (χ4v) is 5.83. The molecule has 8 nitrogen and oxygen atoms in total. The Bertz CT molecular complexity index is 1210. The molecule has 1 fully saturated rings. The fraction of sp³-hybridized carbons (Fsp3) is 0.414. The molecule has 0 radical (unpaired) electrons. The molecule has 4 N–H and O–H groups in total. The number of carbonyl (C=O) groups excluding carboxylic acids is 1. The monoisotopic (exact) mass is 497 g/mol. The van der Waals surface area contributed by atoms with Gasteiger partial charge < -0.3 is 21.0 Å². The van der Waals surface area contributed by atoms with Gasteiger partial charge in [-0.25, -0.2) is 5.43 Å². The number of nitrogens with zero attached hydrogens (tertiary/aromatic N) is 3. The minimum atomic E-state index is -0.236. The van der Waals surface area contributed by atoms with Crippen LogP contribution in [0.1, 0.15) is 54.8 Å². The van der Waals surface area contributed by atoms with Gasteiger partial charge in [0.2, 0.25) is 11.9 Å². The van der Waals surface area contributed by atoms with Crippen LogP contribution in [-0.2, 0) is 17.9 Å². The summed E-state index contributed by atoms with van der Waals surface area (Å²) < 4.78 is 0. The molecule has 2 unspecified atom stereocenters. The number of nitrogens with one attached hydrogen (secondary N) is 4. The van der Waals surface area contributed by atoms with Crippen LogP contribution in [0.25, 0.3) is 0 Å². The zero-order valence-corrected chi connectivity index (χ0v) is 21.1. The van der Waals surface area contributed by atoms with Gasteiger partial charge in [0.1, 0.15) is 5.82 Å². The largest absolute Gasteiger partial charge is 0.355 e. The lowest BCUT2D eigenvalue weighted by Gasteiger charge is -2.37. The van der Waals surface area contributed by atoms with Crippen molar-refractivity contribution in [2.45, 2.75) is 51.2 Å². The number of benzene rings is 2. The van der Waals surface area contributed by atoms with E-state index in [1.165, 1.54) is 43.2 Å². The van der Waals surface area contributed by atoms with Crippen LogP contribution in [0.5, 0.6) is 0 Å². The van der Waals surface area contributed by atoms with Crippen LogP contribution in [-0.4, -0.2) is 29.0 Å². The zero-order chi connectivity index (χ0) is 25.0. The molecule has 37 heavy (non-hydrogen) atoms. The summed E-state index contributed by atoms with van der Waals surface area (Å²) in [5, 5.41) is 6.67. The zero-order valence-electron chi connectivity index (χ0n) is 21.1. The second-order valence-electron chi connectivity index (χ2n) is 10.4. The molecule has 8 heteroatoms. The fourth-order valence-electron chi connectivity index (χ4n) is 5.83. The Labute approximate surface area is 218 Å². The second kappa shape index (κ2) is 10.8. The number of hydrogen-bond acceptors (Lipinski definition) is 7. The van der Waals surface area contributed by atoms with Crippen LogP contribution in [0.4, 0.5) is 17.6 Å². The van der Waals surface area contributed by atoms with Gasteiger partial charge in [0.15, 0.2) is 5.82 Å². The highest BCUT2D eigenvalue weighted by molar-refractivity contribution is 5.83. The predicted molar refractivity (Wildman–Crippen MR) is 146 cm³/mol. The summed E-state index contributed by atoms with van der Waals surface area (Å²) in [6.07, 6.45) is 6.30. The SMILES string of the molecule is O=C(NCC1CCCCC1)C1CN(Cc2ccccc2)c2nc(NCc3ccccc3)nc3c2C1NN3. The molecular weight excluding hydrogens is 462 g/mol. The third-order valence-electron chi connectivity index (χ3n) is 7.84. The van der Waals surface area contributed by atoms with E-state index in [0.717, 1.165) is 23.7 Å². The molecule has 3 heterocycles. The van der Waals surface area contributed by atoms with Gasteiger partial charge >= 0.3 is 0 Å². The standard InChI is InChI=1S/C29H35N7O/c37-28(30-16-20-10-4-1-5-11-20)23-19-36(18-22-14-8-3-9-15-22)27-24-25(23)34-35-26(24)32-29(33-27)31-17-21-12-6-2-7-13-21/h2-3,6-9,12-15,20,23,25,34H,1,4-5,10-11,16-19H2,(H,30,37)(H2,31,32,33,35). The first-order valence-corrected chi connectivity index (χ1v) is 13.5. The van der Waals surface area contributed by atoms with Crippen molar-refractivity contribution >= 4 is 23.5 Å². The molecule has 0 saturated heterocycles. The Balaban J connectivity index is 1.26. The summed E-state index contributed by atoms with van der Waals surface area (Å²) in [4.78, 5) is 25.5. The molecule has 2 aromatic carbocycles. The quantitative estimate of drug-likeness (QED) is 0.367. The van der Waals surface area contributed by atoms with Crippen molar-refractivity contribution in [3.05, 3.63) is 77.4 Å². The molecule has 0 spiro atoms. The molecule has 1 amide bonds. The Morgan fingerprint density at radius 3 is 2.43 bits per heavy atom. The minimum absolute atomic E-state index is 0.104. The Kier molecular flexibility index (Phi) is 6.90. The first-order chi connectivity index (χ1) is 18.2. The van der Waals surface area contributed by atoms with Crippen LogP contribution < -0.4 is 26.4 Å². The maximum Gasteiger partial charge on any atom is 0.226 e. The van der Waals surface area contributed by atoms with Crippen molar-refractivity contribution in [3.8, 4) is 0 Å². The average Bonchev–Trinajstić information content (AvgIpc) is 3.38. The highest BCUT2D eigenvalue weighted by Crippen LogP contribution is 2.44. The molecule has 0 bridgehead atoms. The van der Waals surface area contributed by atoms with Crippen molar-refractivity contribution in [1.29, 1.82) is 0 Å². The van der Waals surface area contributed by atoms with E-state index in [1.54, 1.807) is 0 Å². The Morgan fingerprint density at radius 2 is 1.68 bits per heavy atom. The van der Waals surface area contributed by atoms with E-state index in [4.69, 9.17) is 9.97 Å². The smallest absolute Gasteiger partial charge is 0.226 e. The van der Waals surface area contributed by atoms with E-state index in [9.17, 15) is 4.79 Å². The van der Waals surface area contributed by atoms with Crippen molar-refractivity contribution in [2.75, 3.05) is 28.7 Å². The number of hydrogen-bond donors (Lipinski definition) is 4. The van der Waals surface area contributed by atoms with Crippen molar-refractivity contribution in [1.82, 2.24) is 20.7 Å². The third kappa shape index (κ3) is 5.25. The van der Waals surface area contributed by atoms with E-state index in [1.807, 2.05) is 24.3 Å². The summed E-state index contributed by atoms with van der Waals surface area (Å²) in [7, 11) is 0. The topological polar surface area (TPSA) is 94.2 Å². The van der Waals surface area contributed by atoms with Crippen molar-refractivity contribution < 1.29 is 4.79 Å². The maximum absolute atomic E-state index is 13.5. The highest BCUT2D eigenvalue weighted by atomic mass is 16.2. The van der Waals surface area contributed by atoms with E-state index < -0.39 is 0 Å². The Hall–Kier alpha value is -3.65. The average molecular weight is 498 g/mol. The van der Waals surface area contributed by atoms with E-state index in [0.29, 0.717) is 31.5 Å². The summed E-state index contributed by atoms with van der Waals surface area (Å²) in [5.74, 6) is 2.66. The summed E-state index contributed by atoms with van der Waals surface area (Å²) in [6.45, 7) is 2.68. The van der Waals surface area contributed by atoms with E-state index >= 15 is 0 Å². The number of anilines is 3. The lowest BCUT2D eigenvalue weighted by Crippen LogP contribution is -2.48. The van der Waals surface area contributed by atoms with Crippen LogP contribution in [0, 0.1) is 11.8 Å². The number of hydrazine groups is 1. The van der Waals surface area contributed by atoms with Gasteiger partial charge in [-0.15, -0.1) is 0 Å². The molecule has 2 atom stereocenters. The van der Waals surface area contributed by atoms with E-state index in [2.05, 4.69) is 62.8 Å². The van der Waals surface area contributed by atoms with Crippen LogP contribution >= 0.6 is 0 Å². The molecule has 3 aromatic rings. The number of aromatic nitrogens is 2. The number of carbonyl (C=O) groups is 1. The Morgan fingerprint density at radius 1 is 0.946 bits per heavy atom. The van der Waals surface area contributed by atoms with Gasteiger partial charge in [-0.3, -0.25) is 4.79 Å². The highest BCUT2D eigenvalue weighted by Gasteiger charge is 2.44. The van der Waals surface area contributed by atoms with Crippen molar-refractivity contribution in [3.63, 3.8) is 0 Å². The molecule has 1 aliphatic carbocycles. The number of rotatable bonds is 8. The molecule has 1 aromatic heterocycles. The lowest BCUT2D eigenvalue weighted by atomic mass is 9.87. The molecule has 192 valence electrons. The van der Waals surface area contributed by atoms with Crippen LogP contribution in [0.3, 0.4) is 0 Å². The minimum Gasteiger partial charge on any atom is -0.355 e. The summed E-state index contributed by atoms with van der Waals surface area (Å²) in [5.41, 5.74) is 9.93. The van der Waals surface area contributed by atoms with Gasteiger partial charge in [0.05, 0.1) is 17.5 Å². The van der Waals surface area contributed by atoms with Crippen molar-refractivity contribution in [2.24, 2.45) is 11.8 Å². The summed E-state index contributed by atoms with van der Waals surface area (Å²) >= 11 is 0. The second-order valence-corrected chi connectivity index (χ2v) is 10.4. The number of amides is 1. The van der Waals surface area contributed by atoms with Crippen LogP contribution in [0.2, 0.25) is 0 Å². The first kappa shape index (κ1) is 23.7. The predicted octanol–water partition coefficient (Wildman–Crippen LogP) is 4.39. The molecule has 6 rings (SSSR count). The first-order valence-electron chi connectivity index (χ1n) is 13.5. The molecule has 2 aliphatic heterocycles. The normalized spacial score (nSPS) is 20.7. The van der Waals surface area contributed by atoms with Gasteiger partial charge in [-0.1, -0.05) is 79.9 Å². The van der Waals surface area contributed by atoms with E-state index in [-0.39, 0.29) is 17.9 Å². The van der Waals surface area contributed by atoms with Gasteiger partial charge in [0, 0.05) is 26.2 Å². The lowest BCUT2D eigenvalue weighted by molar-refractivity contribution is -0.126. The summed E-state index contributed by atoms with van der Waals surface area (Å²) in [6, 6.07) is 20.4. The molecular formula is C29H35N7O. The van der Waals surface area contributed by atoms with Gasteiger partial charge in [0.25, 0.3) is 0 Å². The van der Waals surface area contributed by atoms with Gasteiger partial charge in [-0.05, 0) is 29.9 Å². The third-order valence-corrected chi connectivity index (χ3v) is 7.84.